The Bertz CT molecular complexity index is 845. The summed E-state index contributed by atoms with van der Waals surface area (Å²) in [6.45, 7) is 2.36. The molecule has 10 heteroatoms. The highest BCUT2D eigenvalue weighted by molar-refractivity contribution is 7.99. The van der Waals surface area contributed by atoms with Crippen molar-refractivity contribution in [3.8, 4) is 11.6 Å². The van der Waals surface area contributed by atoms with E-state index in [9.17, 15) is 13.2 Å². The first-order chi connectivity index (χ1) is 11.9. The maximum Gasteiger partial charge on any atom is 0.233 e. The molecule has 1 atom stereocenters. The van der Waals surface area contributed by atoms with Gasteiger partial charge in [0.05, 0.1) is 23.5 Å². The Balaban J connectivity index is 1.64. The van der Waals surface area contributed by atoms with Crippen molar-refractivity contribution in [3.05, 3.63) is 18.4 Å². The van der Waals surface area contributed by atoms with Crippen LogP contribution in [0, 0.1) is 0 Å². The lowest BCUT2D eigenvalue weighted by Crippen LogP contribution is -2.42. The van der Waals surface area contributed by atoms with E-state index in [1.807, 2.05) is 14.0 Å². The molecule has 1 aliphatic rings. The van der Waals surface area contributed by atoms with E-state index < -0.39 is 9.84 Å². The monoisotopic (exact) mass is 384 g/mol. The Morgan fingerprint density at radius 1 is 1.48 bits per heavy atom. The molecule has 0 radical (unpaired) electrons. The molecular formula is C15H20N4O4S2. The fourth-order valence-corrected chi connectivity index (χ4v) is 5.46. The standard InChI is InChI=1S/C15H20N4O4S2/c1-3-19(11-6-8-25(21,22)10-11)13(20)9-24-15-17-16-14(18(15)2)12-5-4-7-23-12/h4-5,7,11H,3,6,8-10H2,1-2H3/t11-/m1/s1. The van der Waals surface area contributed by atoms with E-state index in [2.05, 4.69) is 10.2 Å². The molecule has 25 heavy (non-hydrogen) atoms. The van der Waals surface area contributed by atoms with Gasteiger partial charge in [0.25, 0.3) is 0 Å². The lowest BCUT2D eigenvalue weighted by molar-refractivity contribution is -0.129. The molecule has 2 aromatic rings. The highest BCUT2D eigenvalue weighted by Crippen LogP contribution is 2.24. The van der Waals surface area contributed by atoms with Crippen molar-refractivity contribution >= 4 is 27.5 Å². The quantitative estimate of drug-likeness (QED) is 0.690. The lowest BCUT2D eigenvalue weighted by atomic mass is 10.2. The third-order valence-corrected chi connectivity index (χ3v) is 6.97. The summed E-state index contributed by atoms with van der Waals surface area (Å²) >= 11 is 1.28. The SMILES string of the molecule is CCN(C(=O)CSc1nnc(-c2ccco2)n1C)[C@@H]1CCS(=O)(=O)C1. The predicted octanol–water partition coefficient (Wildman–Crippen LogP) is 1.20. The molecule has 1 aliphatic heterocycles. The van der Waals surface area contributed by atoms with Crippen molar-refractivity contribution in [2.75, 3.05) is 23.8 Å². The van der Waals surface area contributed by atoms with Crippen LogP contribution in [0.1, 0.15) is 13.3 Å². The minimum atomic E-state index is -3.02. The molecule has 1 amide bonds. The summed E-state index contributed by atoms with van der Waals surface area (Å²) in [7, 11) is -1.21. The molecular weight excluding hydrogens is 364 g/mol. The number of sulfone groups is 1. The second kappa shape index (κ2) is 7.20. The van der Waals surface area contributed by atoms with Crippen LogP contribution in [0.4, 0.5) is 0 Å². The number of rotatable bonds is 6. The van der Waals surface area contributed by atoms with Gasteiger partial charge in [-0.1, -0.05) is 11.8 Å². The van der Waals surface area contributed by atoms with E-state index in [0.717, 1.165) is 0 Å². The van der Waals surface area contributed by atoms with Gasteiger partial charge in [-0.05, 0) is 25.5 Å². The van der Waals surface area contributed by atoms with Crippen LogP contribution in [0.25, 0.3) is 11.6 Å². The van der Waals surface area contributed by atoms with Crippen LogP contribution in [-0.4, -0.2) is 63.8 Å². The Labute approximate surface area is 150 Å². The van der Waals surface area contributed by atoms with Gasteiger partial charge in [-0.3, -0.25) is 4.79 Å². The summed E-state index contributed by atoms with van der Waals surface area (Å²) in [5.74, 6) is 1.52. The normalized spacial score (nSPS) is 19.2. The van der Waals surface area contributed by atoms with Gasteiger partial charge in [0.1, 0.15) is 0 Å². The third kappa shape index (κ3) is 3.90. The topological polar surface area (TPSA) is 98.3 Å². The van der Waals surface area contributed by atoms with Gasteiger partial charge in [-0.25, -0.2) is 8.42 Å². The number of furan rings is 1. The zero-order valence-electron chi connectivity index (χ0n) is 14.1. The molecule has 136 valence electrons. The van der Waals surface area contributed by atoms with Gasteiger partial charge in [0.15, 0.2) is 26.6 Å². The van der Waals surface area contributed by atoms with E-state index in [1.54, 1.807) is 27.9 Å². The summed E-state index contributed by atoms with van der Waals surface area (Å²) in [5.41, 5.74) is 0. The van der Waals surface area contributed by atoms with Gasteiger partial charge < -0.3 is 13.9 Å². The average Bonchev–Trinajstić information content (AvgIpc) is 3.27. The Morgan fingerprint density at radius 2 is 2.28 bits per heavy atom. The molecule has 0 aliphatic carbocycles. The molecule has 0 N–H and O–H groups in total. The molecule has 0 saturated carbocycles. The summed E-state index contributed by atoms with van der Waals surface area (Å²) in [6.07, 6.45) is 2.08. The fraction of sp³-hybridized carbons (Fsp3) is 0.533. The van der Waals surface area contributed by atoms with Gasteiger partial charge in [0.2, 0.25) is 5.91 Å². The fourth-order valence-electron chi connectivity index (χ4n) is 2.93. The number of carbonyl (C=O) groups is 1. The van der Waals surface area contributed by atoms with E-state index in [-0.39, 0.29) is 29.2 Å². The van der Waals surface area contributed by atoms with Crippen LogP contribution >= 0.6 is 11.8 Å². The number of aromatic nitrogens is 3. The predicted molar refractivity (Wildman–Crippen MR) is 93.9 cm³/mol. The number of amides is 1. The molecule has 3 rings (SSSR count). The van der Waals surface area contributed by atoms with Crippen molar-refractivity contribution < 1.29 is 17.6 Å². The number of nitrogens with zero attached hydrogens (tertiary/aromatic N) is 4. The van der Waals surface area contributed by atoms with E-state index >= 15 is 0 Å². The first-order valence-corrected chi connectivity index (χ1v) is 10.8. The Morgan fingerprint density at radius 3 is 2.88 bits per heavy atom. The van der Waals surface area contributed by atoms with Gasteiger partial charge in [0, 0.05) is 19.6 Å². The molecule has 1 fully saturated rings. The van der Waals surface area contributed by atoms with E-state index in [4.69, 9.17) is 4.42 Å². The molecule has 1 saturated heterocycles. The zero-order chi connectivity index (χ0) is 18.0. The molecule has 0 aromatic carbocycles. The minimum absolute atomic E-state index is 0.0594. The first kappa shape index (κ1) is 18.0. The van der Waals surface area contributed by atoms with Crippen molar-refractivity contribution in [2.45, 2.75) is 24.5 Å². The van der Waals surface area contributed by atoms with Crippen molar-refractivity contribution in [1.29, 1.82) is 0 Å². The van der Waals surface area contributed by atoms with Gasteiger partial charge in [-0.15, -0.1) is 10.2 Å². The second-order valence-corrected chi connectivity index (χ2v) is 9.04. The highest BCUT2D eigenvalue weighted by atomic mass is 32.2. The first-order valence-electron chi connectivity index (χ1n) is 7.97. The number of carbonyl (C=O) groups excluding carboxylic acids is 1. The Hall–Kier alpha value is -1.81. The second-order valence-electron chi connectivity index (χ2n) is 5.87. The highest BCUT2D eigenvalue weighted by Gasteiger charge is 2.33. The lowest BCUT2D eigenvalue weighted by Gasteiger charge is -2.26. The maximum atomic E-state index is 12.5. The zero-order valence-corrected chi connectivity index (χ0v) is 15.7. The van der Waals surface area contributed by atoms with Crippen LogP contribution in [0.3, 0.4) is 0 Å². The van der Waals surface area contributed by atoms with Gasteiger partial charge in [-0.2, -0.15) is 0 Å². The van der Waals surface area contributed by atoms with Crippen molar-refractivity contribution in [3.63, 3.8) is 0 Å². The summed E-state index contributed by atoms with van der Waals surface area (Å²) in [6, 6.07) is 3.35. The molecule has 0 unspecified atom stereocenters. The van der Waals surface area contributed by atoms with Crippen LogP contribution in [0.15, 0.2) is 28.0 Å². The van der Waals surface area contributed by atoms with Crippen molar-refractivity contribution in [2.24, 2.45) is 7.05 Å². The number of thioether (sulfide) groups is 1. The summed E-state index contributed by atoms with van der Waals surface area (Å²) in [4.78, 5) is 14.2. The van der Waals surface area contributed by atoms with Crippen LogP contribution < -0.4 is 0 Å². The molecule has 2 aromatic heterocycles. The molecule has 0 spiro atoms. The van der Waals surface area contributed by atoms with Crippen LogP contribution in [-0.2, 0) is 21.7 Å². The van der Waals surface area contributed by atoms with Crippen LogP contribution in [0.5, 0.6) is 0 Å². The molecule has 3 heterocycles. The van der Waals surface area contributed by atoms with Crippen molar-refractivity contribution in [1.82, 2.24) is 19.7 Å². The van der Waals surface area contributed by atoms with Crippen LogP contribution in [0.2, 0.25) is 0 Å². The van der Waals surface area contributed by atoms with E-state index in [1.165, 1.54) is 11.8 Å². The third-order valence-electron chi connectivity index (χ3n) is 4.21. The smallest absolute Gasteiger partial charge is 0.233 e. The maximum absolute atomic E-state index is 12.5. The van der Waals surface area contributed by atoms with Gasteiger partial charge >= 0.3 is 0 Å². The Kier molecular flexibility index (Phi) is 5.19. The summed E-state index contributed by atoms with van der Waals surface area (Å²) in [5, 5.41) is 8.80. The molecule has 8 nitrogen and oxygen atoms in total. The number of hydrogen-bond acceptors (Lipinski definition) is 7. The largest absolute Gasteiger partial charge is 0.461 e. The average molecular weight is 384 g/mol. The number of hydrogen-bond donors (Lipinski definition) is 0. The summed E-state index contributed by atoms with van der Waals surface area (Å²) < 4.78 is 30.4. The van der Waals surface area contributed by atoms with E-state index in [0.29, 0.717) is 29.7 Å². The molecule has 0 bridgehead atoms. The minimum Gasteiger partial charge on any atom is -0.461 e.